The maximum atomic E-state index is 12.9. The van der Waals surface area contributed by atoms with E-state index in [0.717, 1.165) is 58.7 Å². The predicted molar refractivity (Wildman–Crippen MR) is 129 cm³/mol. The predicted octanol–water partition coefficient (Wildman–Crippen LogP) is 2.47. The number of rotatable bonds is 3. The molecule has 2 saturated heterocycles. The largest absolute Gasteiger partial charge is 0.368 e. The summed E-state index contributed by atoms with van der Waals surface area (Å²) in [7, 11) is 0. The van der Waals surface area contributed by atoms with E-state index in [2.05, 4.69) is 74.6 Å². The molecule has 3 aliphatic heterocycles. The second-order valence-electron chi connectivity index (χ2n) is 9.16. The van der Waals surface area contributed by atoms with Crippen LogP contribution in [-0.2, 0) is 11.3 Å². The fourth-order valence-electron chi connectivity index (χ4n) is 5.21. The molecule has 7 nitrogen and oxygen atoms in total. The van der Waals surface area contributed by atoms with E-state index in [1.807, 2.05) is 12.1 Å². The Kier molecular flexibility index (Phi) is 6.01. The summed E-state index contributed by atoms with van der Waals surface area (Å²) in [4.78, 5) is 25.0. The van der Waals surface area contributed by atoms with E-state index < -0.39 is 11.5 Å². The van der Waals surface area contributed by atoms with Crippen LogP contribution in [-0.4, -0.2) is 66.5 Å². The van der Waals surface area contributed by atoms with Gasteiger partial charge < -0.3 is 9.80 Å². The number of nitriles is 1. The zero-order valence-corrected chi connectivity index (χ0v) is 18.9. The number of carbonyl (C=O) groups is 1. The third-order valence-corrected chi connectivity index (χ3v) is 7.16. The minimum absolute atomic E-state index is 0.204. The molecule has 7 heteroatoms. The van der Waals surface area contributed by atoms with Crippen molar-refractivity contribution in [2.75, 3.05) is 44.2 Å². The molecule has 2 aromatic carbocycles. The summed E-state index contributed by atoms with van der Waals surface area (Å²) in [5.41, 5.74) is 1.88. The van der Waals surface area contributed by atoms with Gasteiger partial charge in [-0.1, -0.05) is 48.5 Å². The minimum Gasteiger partial charge on any atom is -0.368 e. The van der Waals surface area contributed by atoms with Gasteiger partial charge in [0.25, 0.3) is 0 Å². The van der Waals surface area contributed by atoms with Crippen molar-refractivity contribution in [3.05, 3.63) is 66.2 Å². The highest BCUT2D eigenvalue weighted by atomic mass is 16.2. The number of amides is 1. The minimum atomic E-state index is -0.731. The fourth-order valence-corrected chi connectivity index (χ4v) is 5.21. The molecule has 3 heterocycles. The number of hydrogen-bond acceptors (Lipinski definition) is 6. The SMILES string of the molecule is N#C[C@H]1C(=O)NC(N2CCN(c3ccccc3)CC2)=NC12CCN(Cc1ccccc1)CC2. The van der Waals surface area contributed by atoms with E-state index in [9.17, 15) is 10.1 Å². The molecule has 1 N–H and O–H groups in total. The van der Waals surface area contributed by atoms with Gasteiger partial charge in [-0.05, 0) is 30.5 Å². The normalized spacial score (nSPS) is 23.1. The molecule has 0 bridgehead atoms. The number of hydrogen-bond donors (Lipinski definition) is 1. The summed E-state index contributed by atoms with van der Waals surface area (Å²) < 4.78 is 0. The van der Waals surface area contributed by atoms with E-state index in [4.69, 9.17) is 4.99 Å². The number of benzene rings is 2. The number of piperidine rings is 1. The first kappa shape index (κ1) is 21.5. The Bertz CT molecular complexity index is 1030. The molecular weight excluding hydrogens is 412 g/mol. The Morgan fingerprint density at radius 2 is 1.52 bits per heavy atom. The number of aliphatic imine (C=N–C) groups is 1. The summed E-state index contributed by atoms with van der Waals surface area (Å²) in [5, 5.41) is 12.8. The summed E-state index contributed by atoms with van der Waals surface area (Å²) in [6, 6.07) is 23.1. The van der Waals surface area contributed by atoms with Crippen molar-refractivity contribution in [2.45, 2.75) is 24.9 Å². The average molecular weight is 443 g/mol. The number of anilines is 1. The number of carbonyl (C=O) groups excluding carboxylic acids is 1. The monoisotopic (exact) mass is 442 g/mol. The van der Waals surface area contributed by atoms with Crippen LogP contribution >= 0.6 is 0 Å². The third kappa shape index (κ3) is 4.44. The second-order valence-corrected chi connectivity index (χ2v) is 9.16. The standard InChI is InChI=1S/C26H30N6O/c27-19-23-24(33)28-25(32-17-15-31(16-18-32)22-9-5-2-6-10-22)29-26(23)11-13-30(14-12-26)20-21-7-3-1-4-8-21/h1-10,23H,11-18,20H2,(H,28,29,33)/t23-/m0/s1. The number of nitrogens with one attached hydrogen (secondary N) is 1. The Morgan fingerprint density at radius 3 is 2.15 bits per heavy atom. The van der Waals surface area contributed by atoms with Gasteiger partial charge in [0.1, 0.15) is 0 Å². The van der Waals surface area contributed by atoms with Crippen LogP contribution in [0.5, 0.6) is 0 Å². The number of para-hydroxylation sites is 1. The van der Waals surface area contributed by atoms with E-state index in [0.29, 0.717) is 5.96 Å². The highest BCUT2D eigenvalue weighted by molar-refractivity contribution is 6.02. The Labute approximate surface area is 195 Å². The van der Waals surface area contributed by atoms with Crippen LogP contribution in [0.2, 0.25) is 0 Å². The topological polar surface area (TPSA) is 75.0 Å². The van der Waals surface area contributed by atoms with Crippen LogP contribution < -0.4 is 10.2 Å². The van der Waals surface area contributed by atoms with Gasteiger partial charge in [-0.25, -0.2) is 4.99 Å². The first-order chi connectivity index (χ1) is 16.2. The lowest BCUT2D eigenvalue weighted by Gasteiger charge is -2.46. The van der Waals surface area contributed by atoms with Crippen molar-refractivity contribution >= 4 is 17.6 Å². The molecule has 0 unspecified atom stereocenters. The average Bonchev–Trinajstić information content (AvgIpc) is 2.87. The van der Waals surface area contributed by atoms with Crippen molar-refractivity contribution in [1.82, 2.24) is 15.1 Å². The van der Waals surface area contributed by atoms with Crippen molar-refractivity contribution < 1.29 is 4.79 Å². The van der Waals surface area contributed by atoms with Crippen LogP contribution in [0, 0.1) is 17.2 Å². The molecule has 2 aromatic rings. The molecule has 33 heavy (non-hydrogen) atoms. The lowest BCUT2D eigenvalue weighted by molar-refractivity contribution is -0.125. The van der Waals surface area contributed by atoms with Gasteiger partial charge in [-0.2, -0.15) is 5.26 Å². The maximum absolute atomic E-state index is 12.9. The van der Waals surface area contributed by atoms with Gasteiger partial charge in [-0.3, -0.25) is 15.0 Å². The molecule has 1 spiro atoms. The quantitative estimate of drug-likeness (QED) is 0.791. The molecule has 1 atom stereocenters. The zero-order chi connectivity index (χ0) is 22.7. The highest BCUT2D eigenvalue weighted by Gasteiger charge is 2.49. The van der Waals surface area contributed by atoms with E-state index in [1.54, 1.807) is 0 Å². The van der Waals surface area contributed by atoms with Crippen molar-refractivity contribution in [1.29, 1.82) is 5.26 Å². The molecule has 1 amide bonds. The van der Waals surface area contributed by atoms with Gasteiger partial charge in [0, 0.05) is 51.5 Å². The number of nitrogens with zero attached hydrogens (tertiary/aromatic N) is 5. The van der Waals surface area contributed by atoms with Crippen LogP contribution in [0.4, 0.5) is 5.69 Å². The molecule has 0 aromatic heterocycles. The van der Waals surface area contributed by atoms with Gasteiger partial charge >= 0.3 is 0 Å². The van der Waals surface area contributed by atoms with Gasteiger partial charge in [0.2, 0.25) is 11.9 Å². The molecule has 5 rings (SSSR count). The smallest absolute Gasteiger partial charge is 0.246 e. The van der Waals surface area contributed by atoms with Crippen LogP contribution in [0.15, 0.2) is 65.7 Å². The lowest BCUT2D eigenvalue weighted by atomic mass is 9.76. The first-order valence-corrected chi connectivity index (χ1v) is 11.8. The second kappa shape index (κ2) is 9.24. The number of piperazine rings is 1. The van der Waals surface area contributed by atoms with Crippen LogP contribution in [0.1, 0.15) is 18.4 Å². The first-order valence-electron chi connectivity index (χ1n) is 11.8. The van der Waals surface area contributed by atoms with E-state index in [1.165, 1.54) is 11.3 Å². The molecule has 0 saturated carbocycles. The molecular formula is C26H30N6O. The number of likely N-dealkylation sites (tertiary alicyclic amines) is 1. The zero-order valence-electron chi connectivity index (χ0n) is 18.9. The van der Waals surface area contributed by atoms with Crippen molar-refractivity contribution in [3.8, 4) is 6.07 Å². The van der Waals surface area contributed by atoms with E-state index >= 15 is 0 Å². The lowest BCUT2D eigenvalue weighted by Crippen LogP contribution is -2.62. The van der Waals surface area contributed by atoms with Crippen LogP contribution in [0.25, 0.3) is 0 Å². The molecule has 3 aliphatic rings. The molecule has 0 radical (unpaired) electrons. The maximum Gasteiger partial charge on any atom is 0.246 e. The van der Waals surface area contributed by atoms with Crippen molar-refractivity contribution in [2.24, 2.45) is 10.9 Å². The van der Waals surface area contributed by atoms with E-state index in [-0.39, 0.29) is 5.91 Å². The van der Waals surface area contributed by atoms with Crippen molar-refractivity contribution in [3.63, 3.8) is 0 Å². The van der Waals surface area contributed by atoms with Gasteiger partial charge in [0.05, 0.1) is 11.6 Å². The Balaban J connectivity index is 1.28. The highest BCUT2D eigenvalue weighted by Crippen LogP contribution is 2.37. The summed E-state index contributed by atoms with van der Waals surface area (Å²) in [5.74, 6) is -0.286. The molecule has 170 valence electrons. The summed E-state index contributed by atoms with van der Waals surface area (Å²) >= 11 is 0. The fraction of sp³-hybridized carbons (Fsp3) is 0.423. The Hall–Kier alpha value is -3.37. The molecule has 2 fully saturated rings. The third-order valence-electron chi connectivity index (χ3n) is 7.16. The summed E-state index contributed by atoms with van der Waals surface area (Å²) in [6.45, 7) is 5.88. The van der Waals surface area contributed by atoms with Gasteiger partial charge in [0.15, 0.2) is 5.92 Å². The molecule has 0 aliphatic carbocycles. The summed E-state index contributed by atoms with van der Waals surface area (Å²) in [6.07, 6.45) is 1.44. The number of guanidine groups is 1. The van der Waals surface area contributed by atoms with Crippen LogP contribution in [0.3, 0.4) is 0 Å². The Morgan fingerprint density at radius 1 is 0.909 bits per heavy atom. The van der Waals surface area contributed by atoms with Gasteiger partial charge in [-0.15, -0.1) is 0 Å².